The molecule has 0 fully saturated rings. The fraction of sp³-hybridized carbons (Fsp3) is 0.130. The van der Waals surface area contributed by atoms with Gasteiger partial charge >= 0.3 is 6.09 Å². The van der Waals surface area contributed by atoms with Crippen LogP contribution in [0.15, 0.2) is 77.7 Å². The molecule has 3 aromatic rings. The van der Waals surface area contributed by atoms with Crippen LogP contribution in [0.1, 0.15) is 18.1 Å². The van der Waals surface area contributed by atoms with Crippen LogP contribution in [-0.2, 0) is 9.53 Å². The Bertz CT molecular complexity index is 1100. The van der Waals surface area contributed by atoms with E-state index < -0.39 is 18.1 Å². The molecule has 0 saturated heterocycles. The Labute approximate surface area is 183 Å². The molecule has 0 aliphatic heterocycles. The van der Waals surface area contributed by atoms with Crippen molar-refractivity contribution in [3.05, 3.63) is 78.4 Å². The average Bonchev–Trinajstić information content (AvgIpc) is 2.79. The number of rotatable bonds is 7. The van der Waals surface area contributed by atoms with Gasteiger partial charge in [0.2, 0.25) is 0 Å². The Morgan fingerprint density at radius 3 is 2.45 bits per heavy atom. The van der Waals surface area contributed by atoms with Crippen molar-refractivity contribution in [2.75, 3.05) is 11.6 Å². The third-order valence-electron chi connectivity index (χ3n) is 4.60. The molecule has 3 rings (SSSR count). The minimum Gasteiger partial charge on any atom is -0.507 e. The van der Waals surface area contributed by atoms with Gasteiger partial charge in [-0.2, -0.15) is 0 Å². The molecule has 0 unspecified atom stereocenters. The van der Waals surface area contributed by atoms with Gasteiger partial charge in [-0.3, -0.25) is 15.3 Å². The Morgan fingerprint density at radius 1 is 1.06 bits per heavy atom. The van der Waals surface area contributed by atoms with E-state index in [9.17, 15) is 14.7 Å². The quantitative estimate of drug-likeness (QED) is 0.179. The summed E-state index contributed by atoms with van der Waals surface area (Å²) in [4.78, 5) is 24.9. The summed E-state index contributed by atoms with van der Waals surface area (Å²) in [5, 5.41) is 22.9. The van der Waals surface area contributed by atoms with E-state index in [0.717, 1.165) is 16.4 Å². The second-order valence-corrected chi connectivity index (χ2v) is 7.46. The number of fused-ring (bicyclic) bond motifs is 1. The fourth-order valence-corrected chi connectivity index (χ4v) is 3.52. The summed E-state index contributed by atoms with van der Waals surface area (Å²) < 4.78 is 5.68. The van der Waals surface area contributed by atoms with Gasteiger partial charge in [0.15, 0.2) is 0 Å². The fourth-order valence-electron chi connectivity index (χ4n) is 3.11. The van der Waals surface area contributed by atoms with E-state index in [2.05, 4.69) is 5.32 Å². The number of amides is 2. The van der Waals surface area contributed by atoms with Crippen LogP contribution in [0, 0.1) is 0 Å². The third-order valence-corrected chi connectivity index (χ3v) is 5.34. The van der Waals surface area contributed by atoms with Gasteiger partial charge in [-0.25, -0.2) is 10.3 Å². The number of phenols is 1. The van der Waals surface area contributed by atoms with Crippen molar-refractivity contribution in [2.45, 2.75) is 17.4 Å². The van der Waals surface area contributed by atoms with Gasteiger partial charge in [-0.1, -0.05) is 36.4 Å². The van der Waals surface area contributed by atoms with Gasteiger partial charge in [0.1, 0.15) is 11.9 Å². The normalized spacial score (nSPS) is 11.9. The number of hydrogen-bond donors (Lipinski definition) is 4. The van der Waals surface area contributed by atoms with Gasteiger partial charge < -0.3 is 9.84 Å². The van der Waals surface area contributed by atoms with E-state index >= 15 is 0 Å². The van der Waals surface area contributed by atoms with Gasteiger partial charge in [-0.05, 0) is 42.0 Å². The van der Waals surface area contributed by atoms with E-state index in [0.29, 0.717) is 16.6 Å². The molecule has 3 aromatic carbocycles. The molecule has 0 radical (unpaired) electrons. The third kappa shape index (κ3) is 5.78. The van der Waals surface area contributed by atoms with Gasteiger partial charge in [0, 0.05) is 34.0 Å². The first kappa shape index (κ1) is 22.2. The Balaban J connectivity index is 1.86. The van der Waals surface area contributed by atoms with Crippen LogP contribution in [0.25, 0.3) is 10.8 Å². The molecular formula is C23H22N2O5S. The second kappa shape index (κ2) is 10.5. The van der Waals surface area contributed by atoms with Crippen LogP contribution in [0.3, 0.4) is 0 Å². The number of phenolic OH excluding ortho intramolecular Hbond substituents is 1. The lowest BCUT2D eigenvalue weighted by Gasteiger charge is -2.19. The summed E-state index contributed by atoms with van der Waals surface area (Å²) in [6.45, 7) is 0. The molecular weight excluding hydrogens is 416 g/mol. The monoisotopic (exact) mass is 438 g/mol. The Kier molecular flexibility index (Phi) is 7.53. The molecule has 0 heterocycles. The summed E-state index contributed by atoms with van der Waals surface area (Å²) in [6.07, 6.45) is 3.41. The number of anilines is 1. The topological polar surface area (TPSA) is 108 Å². The number of hydroxylamine groups is 1. The maximum absolute atomic E-state index is 12.6. The van der Waals surface area contributed by atoms with Gasteiger partial charge in [0.05, 0.1) is 0 Å². The number of aromatic hydroxyl groups is 1. The Morgan fingerprint density at radius 2 is 1.77 bits per heavy atom. The first-order valence-corrected chi connectivity index (χ1v) is 10.7. The van der Waals surface area contributed by atoms with Crippen molar-refractivity contribution in [1.29, 1.82) is 0 Å². The van der Waals surface area contributed by atoms with Crippen molar-refractivity contribution in [1.82, 2.24) is 5.48 Å². The lowest BCUT2D eigenvalue weighted by Crippen LogP contribution is -2.18. The zero-order valence-corrected chi connectivity index (χ0v) is 17.6. The summed E-state index contributed by atoms with van der Waals surface area (Å²) in [5.41, 5.74) is 2.78. The molecule has 0 aliphatic rings. The molecule has 1 atom stereocenters. The highest BCUT2D eigenvalue weighted by Crippen LogP contribution is 2.34. The van der Waals surface area contributed by atoms with E-state index in [1.807, 2.05) is 30.5 Å². The van der Waals surface area contributed by atoms with E-state index in [4.69, 9.17) is 9.94 Å². The maximum Gasteiger partial charge on any atom is 0.412 e. The molecule has 0 saturated carbocycles. The number of carbonyl (C=O) groups is 2. The highest BCUT2D eigenvalue weighted by molar-refractivity contribution is 7.98. The molecule has 0 bridgehead atoms. The summed E-state index contributed by atoms with van der Waals surface area (Å²) >= 11 is 1.60. The number of thioether (sulfide) groups is 1. The first-order valence-electron chi connectivity index (χ1n) is 9.44. The standard InChI is InChI=1S/C23H22N2O5S/c1-31-16-11-9-15(10-12-16)24-23(28)30-21(7-4-8-22(27)25-29)19-13-14-20(26)18-6-3-2-5-17(18)19/h2-6,8-14,21,26,29H,7H2,1H3,(H,24,28)(H,25,27)/b8-4+/t21-/m1/s1. The molecule has 7 nitrogen and oxygen atoms in total. The highest BCUT2D eigenvalue weighted by Gasteiger charge is 2.19. The molecule has 160 valence electrons. The van der Waals surface area contributed by atoms with Crippen LogP contribution in [-0.4, -0.2) is 28.6 Å². The average molecular weight is 439 g/mol. The van der Waals surface area contributed by atoms with Crippen molar-refractivity contribution < 1.29 is 24.6 Å². The zero-order valence-electron chi connectivity index (χ0n) is 16.7. The number of hydrogen-bond acceptors (Lipinski definition) is 6. The molecule has 2 amide bonds. The summed E-state index contributed by atoms with van der Waals surface area (Å²) in [6, 6.07) is 17.8. The van der Waals surface area contributed by atoms with Gasteiger partial charge in [0.25, 0.3) is 5.91 Å². The second-order valence-electron chi connectivity index (χ2n) is 6.58. The predicted molar refractivity (Wildman–Crippen MR) is 120 cm³/mol. The zero-order chi connectivity index (χ0) is 22.2. The maximum atomic E-state index is 12.6. The van der Waals surface area contributed by atoms with Crippen LogP contribution in [0.5, 0.6) is 5.75 Å². The van der Waals surface area contributed by atoms with Gasteiger partial charge in [-0.15, -0.1) is 11.8 Å². The van der Waals surface area contributed by atoms with E-state index in [1.165, 1.54) is 17.6 Å². The van der Waals surface area contributed by atoms with Crippen molar-refractivity contribution in [3.63, 3.8) is 0 Å². The highest BCUT2D eigenvalue weighted by atomic mass is 32.2. The Hall–Kier alpha value is -3.49. The molecule has 8 heteroatoms. The minimum absolute atomic E-state index is 0.117. The van der Waals surface area contributed by atoms with E-state index in [1.54, 1.807) is 42.1 Å². The van der Waals surface area contributed by atoms with Crippen LogP contribution in [0.2, 0.25) is 0 Å². The first-order chi connectivity index (χ1) is 15.0. The van der Waals surface area contributed by atoms with Crippen molar-refractivity contribution in [2.24, 2.45) is 0 Å². The molecule has 0 spiro atoms. The minimum atomic E-state index is -0.737. The summed E-state index contributed by atoms with van der Waals surface area (Å²) in [5.74, 6) is -0.570. The molecule has 0 aliphatic carbocycles. The van der Waals surface area contributed by atoms with Crippen LogP contribution in [0.4, 0.5) is 10.5 Å². The predicted octanol–water partition coefficient (Wildman–Crippen LogP) is 5.01. The number of benzene rings is 3. The van der Waals surface area contributed by atoms with E-state index in [-0.39, 0.29) is 12.2 Å². The SMILES string of the molecule is CSc1ccc(NC(=O)O[C@H](C/C=C/C(=O)NO)c2ccc(O)c3ccccc23)cc1. The summed E-state index contributed by atoms with van der Waals surface area (Å²) in [7, 11) is 0. The van der Waals surface area contributed by atoms with Crippen molar-refractivity contribution in [3.8, 4) is 5.75 Å². The lowest BCUT2D eigenvalue weighted by molar-refractivity contribution is -0.124. The number of ether oxygens (including phenoxy) is 1. The lowest BCUT2D eigenvalue weighted by atomic mass is 9.97. The smallest absolute Gasteiger partial charge is 0.412 e. The molecule has 31 heavy (non-hydrogen) atoms. The largest absolute Gasteiger partial charge is 0.507 e. The van der Waals surface area contributed by atoms with Crippen LogP contribution < -0.4 is 10.8 Å². The number of nitrogens with one attached hydrogen (secondary N) is 2. The van der Waals surface area contributed by atoms with Crippen LogP contribution >= 0.6 is 11.8 Å². The molecule has 4 N–H and O–H groups in total. The van der Waals surface area contributed by atoms with Crippen molar-refractivity contribution >= 4 is 40.2 Å². The number of carbonyl (C=O) groups excluding carboxylic acids is 2. The molecule has 0 aromatic heterocycles.